The average Bonchev–Trinajstić information content (AvgIpc) is 2.96. The van der Waals surface area contributed by atoms with Crippen LogP contribution in [0.4, 0.5) is 5.69 Å². The highest BCUT2D eigenvalue weighted by Gasteiger charge is 2.08. The van der Waals surface area contributed by atoms with Crippen LogP contribution in [0.1, 0.15) is 12.5 Å². The van der Waals surface area contributed by atoms with E-state index in [0.29, 0.717) is 10.9 Å². The Balaban J connectivity index is 1.57. The van der Waals surface area contributed by atoms with Crippen molar-refractivity contribution in [3.8, 4) is 0 Å². The summed E-state index contributed by atoms with van der Waals surface area (Å²) in [7, 11) is 0. The van der Waals surface area contributed by atoms with Crippen molar-refractivity contribution >= 4 is 29.1 Å². The first-order chi connectivity index (χ1) is 10.7. The van der Waals surface area contributed by atoms with Crippen molar-refractivity contribution < 1.29 is 4.79 Å². The van der Waals surface area contributed by atoms with E-state index in [1.807, 2.05) is 24.3 Å². The van der Waals surface area contributed by atoms with Crippen molar-refractivity contribution in [2.24, 2.45) is 0 Å². The van der Waals surface area contributed by atoms with Gasteiger partial charge in [-0.1, -0.05) is 30.8 Å². The van der Waals surface area contributed by atoms with Gasteiger partial charge < -0.3 is 5.32 Å². The largest absolute Gasteiger partial charge is 0.325 e. The van der Waals surface area contributed by atoms with Crippen molar-refractivity contribution in [1.29, 1.82) is 0 Å². The Hall–Kier alpha value is -2.41. The molecule has 1 N–H and O–H groups in total. The summed E-state index contributed by atoms with van der Waals surface area (Å²) in [5.41, 5.74) is 2.04. The zero-order valence-electron chi connectivity index (χ0n) is 12.1. The molecule has 0 aliphatic carbocycles. The molecule has 112 valence electrons. The minimum atomic E-state index is -0.0823. The number of fused-ring (bicyclic) bond motifs is 1. The number of carbonyl (C=O) groups is 1. The molecule has 0 aliphatic rings. The summed E-state index contributed by atoms with van der Waals surface area (Å²) in [6.07, 6.45) is 4.41. The lowest BCUT2D eigenvalue weighted by molar-refractivity contribution is -0.113. The van der Waals surface area contributed by atoms with Crippen LogP contribution in [-0.2, 0) is 11.2 Å². The summed E-state index contributed by atoms with van der Waals surface area (Å²) in [5, 5.41) is 7.64. The Kier molecular flexibility index (Phi) is 4.34. The standard InChI is InChI=1S/C15H15N5OS/c1-2-11-4-6-12(7-5-11)17-13(21)10-22-15-18-14-16-8-3-9-20(14)19-15/h3-9H,2,10H2,1H3,(H,17,21). The van der Waals surface area contributed by atoms with Gasteiger partial charge in [0, 0.05) is 18.1 Å². The molecule has 0 saturated heterocycles. The summed E-state index contributed by atoms with van der Waals surface area (Å²) in [5.74, 6) is 0.702. The molecule has 0 unspecified atom stereocenters. The number of carbonyl (C=O) groups excluding carboxylic acids is 1. The quantitative estimate of drug-likeness (QED) is 0.732. The molecular formula is C15H15N5OS. The third kappa shape index (κ3) is 3.43. The van der Waals surface area contributed by atoms with E-state index in [0.717, 1.165) is 12.1 Å². The van der Waals surface area contributed by atoms with Gasteiger partial charge in [0.25, 0.3) is 5.78 Å². The van der Waals surface area contributed by atoms with E-state index >= 15 is 0 Å². The number of aromatic nitrogens is 4. The predicted octanol–water partition coefficient (Wildman–Crippen LogP) is 2.42. The molecule has 0 saturated carbocycles. The van der Waals surface area contributed by atoms with Crippen LogP contribution in [0.15, 0.2) is 47.9 Å². The van der Waals surface area contributed by atoms with Gasteiger partial charge in [-0.15, -0.1) is 5.10 Å². The molecule has 6 nitrogen and oxygen atoms in total. The predicted molar refractivity (Wildman–Crippen MR) is 86.0 cm³/mol. The number of anilines is 1. The first-order valence-electron chi connectivity index (χ1n) is 6.93. The Morgan fingerprint density at radius 2 is 2.14 bits per heavy atom. The lowest BCUT2D eigenvalue weighted by atomic mass is 10.1. The van der Waals surface area contributed by atoms with E-state index in [4.69, 9.17) is 0 Å². The number of hydrogen-bond acceptors (Lipinski definition) is 5. The molecule has 0 radical (unpaired) electrons. The van der Waals surface area contributed by atoms with Gasteiger partial charge in [-0.3, -0.25) is 4.79 Å². The van der Waals surface area contributed by atoms with Crippen molar-refractivity contribution in [1.82, 2.24) is 19.6 Å². The summed E-state index contributed by atoms with van der Waals surface area (Å²) in [4.78, 5) is 20.3. The number of thioether (sulfide) groups is 1. The van der Waals surface area contributed by atoms with Gasteiger partial charge in [0.05, 0.1) is 5.75 Å². The van der Waals surface area contributed by atoms with Crippen LogP contribution >= 0.6 is 11.8 Å². The first kappa shape index (κ1) is 14.5. The van der Waals surface area contributed by atoms with E-state index in [1.165, 1.54) is 17.3 Å². The van der Waals surface area contributed by atoms with Crippen LogP contribution in [0.5, 0.6) is 0 Å². The molecule has 1 aromatic carbocycles. The Morgan fingerprint density at radius 1 is 1.32 bits per heavy atom. The van der Waals surface area contributed by atoms with Crippen molar-refractivity contribution in [3.05, 3.63) is 48.3 Å². The number of rotatable bonds is 5. The molecule has 0 fully saturated rings. The second kappa shape index (κ2) is 6.57. The van der Waals surface area contributed by atoms with Gasteiger partial charge in [0.1, 0.15) is 0 Å². The normalized spacial score (nSPS) is 10.8. The molecule has 0 spiro atoms. The molecule has 3 rings (SSSR count). The molecule has 0 bridgehead atoms. The Labute approximate surface area is 132 Å². The monoisotopic (exact) mass is 313 g/mol. The van der Waals surface area contributed by atoms with E-state index in [1.54, 1.807) is 23.0 Å². The highest BCUT2D eigenvalue weighted by Crippen LogP contribution is 2.15. The van der Waals surface area contributed by atoms with Gasteiger partial charge in [-0.2, -0.15) is 4.98 Å². The molecule has 7 heteroatoms. The number of nitrogens with zero attached hydrogens (tertiary/aromatic N) is 4. The molecule has 2 aromatic heterocycles. The van der Waals surface area contributed by atoms with E-state index in [9.17, 15) is 4.79 Å². The fraction of sp³-hybridized carbons (Fsp3) is 0.200. The van der Waals surface area contributed by atoms with Crippen molar-refractivity contribution in [3.63, 3.8) is 0 Å². The van der Waals surface area contributed by atoms with E-state index in [-0.39, 0.29) is 11.7 Å². The summed E-state index contributed by atoms with van der Waals surface area (Å²) < 4.78 is 1.59. The second-order valence-electron chi connectivity index (χ2n) is 4.65. The van der Waals surface area contributed by atoms with Crippen LogP contribution < -0.4 is 5.32 Å². The topological polar surface area (TPSA) is 72.2 Å². The summed E-state index contributed by atoms with van der Waals surface area (Å²) >= 11 is 1.29. The lowest BCUT2D eigenvalue weighted by Gasteiger charge is -2.04. The van der Waals surface area contributed by atoms with Crippen LogP contribution in [0.3, 0.4) is 0 Å². The van der Waals surface area contributed by atoms with Crippen LogP contribution in [0.25, 0.3) is 5.78 Å². The molecule has 3 aromatic rings. The van der Waals surface area contributed by atoms with Gasteiger partial charge in [-0.25, -0.2) is 9.50 Å². The number of nitrogens with one attached hydrogen (secondary N) is 1. The molecule has 22 heavy (non-hydrogen) atoms. The summed E-state index contributed by atoms with van der Waals surface area (Å²) in [6.45, 7) is 2.10. The van der Waals surface area contributed by atoms with Crippen LogP contribution in [0, 0.1) is 0 Å². The van der Waals surface area contributed by atoms with E-state index in [2.05, 4.69) is 27.3 Å². The van der Waals surface area contributed by atoms with Crippen molar-refractivity contribution in [2.75, 3.05) is 11.1 Å². The smallest absolute Gasteiger partial charge is 0.253 e. The number of aryl methyl sites for hydroxylation is 1. The Bertz CT molecular complexity index is 751. The van der Waals surface area contributed by atoms with E-state index < -0.39 is 0 Å². The zero-order chi connectivity index (χ0) is 15.4. The number of benzene rings is 1. The number of hydrogen-bond donors (Lipinski definition) is 1. The zero-order valence-corrected chi connectivity index (χ0v) is 12.9. The highest BCUT2D eigenvalue weighted by atomic mass is 32.2. The maximum absolute atomic E-state index is 11.9. The third-order valence-corrected chi connectivity index (χ3v) is 3.91. The van der Waals surface area contributed by atoms with Crippen LogP contribution in [-0.4, -0.2) is 31.2 Å². The number of amides is 1. The molecule has 2 heterocycles. The van der Waals surface area contributed by atoms with Crippen molar-refractivity contribution in [2.45, 2.75) is 18.5 Å². The molecule has 0 atom stereocenters. The van der Waals surface area contributed by atoms with Gasteiger partial charge in [0.2, 0.25) is 11.1 Å². The molecule has 1 amide bonds. The highest BCUT2D eigenvalue weighted by molar-refractivity contribution is 7.99. The fourth-order valence-electron chi connectivity index (χ4n) is 1.93. The van der Waals surface area contributed by atoms with Gasteiger partial charge >= 0.3 is 0 Å². The second-order valence-corrected chi connectivity index (χ2v) is 5.59. The lowest BCUT2D eigenvalue weighted by Crippen LogP contribution is -2.14. The van der Waals surface area contributed by atoms with Gasteiger partial charge in [0.15, 0.2) is 0 Å². The van der Waals surface area contributed by atoms with Gasteiger partial charge in [-0.05, 0) is 30.2 Å². The fourth-order valence-corrected chi connectivity index (χ4v) is 2.55. The average molecular weight is 313 g/mol. The maximum atomic E-state index is 11.9. The summed E-state index contributed by atoms with van der Waals surface area (Å²) in [6, 6.07) is 9.63. The molecular weight excluding hydrogens is 298 g/mol. The maximum Gasteiger partial charge on any atom is 0.253 e. The third-order valence-electron chi connectivity index (χ3n) is 3.08. The Morgan fingerprint density at radius 3 is 2.86 bits per heavy atom. The SMILES string of the molecule is CCc1ccc(NC(=O)CSc2nc3ncccn3n2)cc1. The van der Waals surface area contributed by atoms with Crippen LogP contribution in [0.2, 0.25) is 0 Å². The first-order valence-corrected chi connectivity index (χ1v) is 7.92. The molecule has 0 aliphatic heterocycles. The minimum absolute atomic E-state index is 0.0823. The minimum Gasteiger partial charge on any atom is -0.325 e.